The number of H-pyrrole nitrogens is 1. The number of carbonyl (C=O) groups is 2. The van der Waals surface area contributed by atoms with Gasteiger partial charge in [0, 0.05) is 42.9 Å². The summed E-state index contributed by atoms with van der Waals surface area (Å²) < 4.78 is 36.1. The number of sulfonamides is 1. The molecule has 3 heterocycles. The molecule has 10 nitrogen and oxygen atoms in total. The first-order valence-corrected chi connectivity index (χ1v) is 13.1. The van der Waals surface area contributed by atoms with Crippen molar-refractivity contribution in [3.05, 3.63) is 47.7 Å². The number of aromatic nitrogens is 2. The van der Waals surface area contributed by atoms with Crippen LogP contribution in [0.2, 0.25) is 5.02 Å². The van der Waals surface area contributed by atoms with E-state index in [1.807, 2.05) is 0 Å². The van der Waals surface area contributed by atoms with Gasteiger partial charge in [-0.1, -0.05) is 17.7 Å². The first kappa shape index (κ1) is 25.1. The van der Waals surface area contributed by atoms with E-state index in [9.17, 15) is 18.0 Å². The van der Waals surface area contributed by atoms with Crippen molar-refractivity contribution in [3.8, 4) is 0 Å². The highest BCUT2D eigenvalue weighted by molar-refractivity contribution is 7.89. The fourth-order valence-electron chi connectivity index (χ4n) is 4.44. The average molecular weight is 522 g/mol. The van der Waals surface area contributed by atoms with Crippen LogP contribution in [0.5, 0.6) is 0 Å². The Hall–Kier alpha value is -3.02. The van der Waals surface area contributed by atoms with Gasteiger partial charge in [-0.05, 0) is 43.5 Å². The van der Waals surface area contributed by atoms with Crippen LogP contribution in [0.4, 0.5) is 5.82 Å². The van der Waals surface area contributed by atoms with Gasteiger partial charge in [-0.15, -0.1) is 0 Å². The summed E-state index contributed by atoms with van der Waals surface area (Å²) >= 11 is 6.25. The van der Waals surface area contributed by atoms with Gasteiger partial charge in [0.25, 0.3) is 0 Å². The van der Waals surface area contributed by atoms with E-state index in [1.165, 1.54) is 19.4 Å². The highest BCUT2D eigenvalue weighted by atomic mass is 35.5. The number of nitrogens with two attached hydrogens (primary N) is 1. The van der Waals surface area contributed by atoms with Gasteiger partial charge in [0.15, 0.2) is 0 Å². The van der Waals surface area contributed by atoms with Crippen LogP contribution in [0.25, 0.3) is 10.9 Å². The Labute approximate surface area is 208 Å². The second-order valence-corrected chi connectivity index (χ2v) is 10.6. The van der Waals surface area contributed by atoms with E-state index in [1.54, 1.807) is 39.9 Å². The number of nitrogen functional groups attached to an aromatic ring is 1. The van der Waals surface area contributed by atoms with Gasteiger partial charge in [0.1, 0.15) is 11.9 Å². The normalized spacial score (nSPS) is 15.9. The molecule has 1 unspecified atom stereocenters. The van der Waals surface area contributed by atoms with Crippen molar-refractivity contribution < 1.29 is 22.7 Å². The Kier molecular flexibility index (Phi) is 7.39. The van der Waals surface area contributed by atoms with Crippen molar-refractivity contribution in [2.75, 3.05) is 25.9 Å². The minimum Gasteiger partial charge on any atom is -0.469 e. The lowest BCUT2D eigenvalue weighted by atomic mass is 9.96. The number of fused-ring (bicyclic) bond motifs is 1. The number of halogens is 1. The van der Waals surface area contributed by atoms with Crippen LogP contribution in [0.3, 0.4) is 0 Å². The molecular formula is C23H28ClN5O5S. The van der Waals surface area contributed by atoms with Gasteiger partial charge < -0.3 is 24.9 Å². The molecule has 1 atom stereocenters. The number of methoxy groups -OCH3 is 1. The number of likely N-dealkylation sites (tertiary alicyclic amines) is 1. The van der Waals surface area contributed by atoms with E-state index in [2.05, 4.69) is 9.71 Å². The van der Waals surface area contributed by atoms with Crippen molar-refractivity contribution in [3.63, 3.8) is 0 Å². The van der Waals surface area contributed by atoms with Crippen molar-refractivity contribution in [2.24, 2.45) is 5.92 Å². The minimum atomic E-state index is -4.11. The largest absolute Gasteiger partial charge is 0.469 e. The first-order chi connectivity index (χ1) is 16.7. The number of aromatic amines is 1. The lowest BCUT2D eigenvalue weighted by Gasteiger charge is -2.33. The van der Waals surface area contributed by atoms with Crippen molar-refractivity contribution >= 4 is 50.2 Å². The van der Waals surface area contributed by atoms with E-state index >= 15 is 0 Å². The molecule has 4 rings (SSSR count). The molecule has 35 heavy (non-hydrogen) atoms. The topological polar surface area (TPSA) is 140 Å². The van der Waals surface area contributed by atoms with Gasteiger partial charge in [-0.3, -0.25) is 9.59 Å². The number of nitrogens with one attached hydrogen (secondary N) is 2. The molecule has 188 valence electrons. The molecule has 1 fully saturated rings. The van der Waals surface area contributed by atoms with Crippen LogP contribution in [-0.2, 0) is 30.9 Å². The molecule has 1 saturated heterocycles. The third-order valence-electron chi connectivity index (χ3n) is 6.37. The fourth-order valence-corrected chi connectivity index (χ4v) is 6.22. The SMILES string of the molecule is COC(=O)C1CCN(C(=O)C(CCn2cccc2N)NS(=O)(=O)c2cccc3[nH]cc(Cl)c23)CC1. The maximum Gasteiger partial charge on any atom is 0.308 e. The molecule has 1 aromatic carbocycles. The third kappa shape index (κ3) is 5.31. The summed E-state index contributed by atoms with van der Waals surface area (Å²) in [5.74, 6) is -0.405. The second-order valence-electron chi connectivity index (χ2n) is 8.53. The predicted octanol–water partition coefficient (Wildman–Crippen LogP) is 2.35. The highest BCUT2D eigenvalue weighted by Crippen LogP contribution is 2.30. The first-order valence-electron chi connectivity index (χ1n) is 11.3. The Morgan fingerprint density at radius 2 is 2.00 bits per heavy atom. The van der Waals surface area contributed by atoms with Crippen LogP contribution >= 0.6 is 11.6 Å². The van der Waals surface area contributed by atoms with Crippen molar-refractivity contribution in [2.45, 2.75) is 36.7 Å². The number of amides is 1. The summed E-state index contributed by atoms with van der Waals surface area (Å²) in [6.07, 6.45) is 4.40. The van der Waals surface area contributed by atoms with Gasteiger partial charge in [0.2, 0.25) is 15.9 Å². The number of ether oxygens (including phenoxy) is 1. The zero-order valence-corrected chi connectivity index (χ0v) is 20.8. The number of esters is 1. The van der Waals surface area contributed by atoms with Crippen LogP contribution in [-0.4, -0.2) is 61.0 Å². The number of hydrogen-bond donors (Lipinski definition) is 3. The molecule has 4 N–H and O–H groups in total. The fraction of sp³-hybridized carbons (Fsp3) is 0.391. The lowest BCUT2D eigenvalue weighted by molar-refractivity contribution is -0.149. The molecule has 0 spiro atoms. The molecule has 0 radical (unpaired) electrons. The summed E-state index contributed by atoms with van der Waals surface area (Å²) in [6.45, 7) is 1.01. The standard InChI is InChI=1S/C23H28ClN5O5S/c1-34-23(31)15-7-11-29(12-8-15)22(30)18(9-13-28-10-3-6-20(28)25)27-35(32,33)19-5-2-4-17-21(19)16(24)14-26-17/h2-6,10,14-15,18,26-27H,7-9,11-13,25H2,1H3. The van der Waals surface area contributed by atoms with E-state index in [0.29, 0.717) is 49.2 Å². The molecule has 1 aliphatic rings. The summed E-state index contributed by atoms with van der Waals surface area (Å²) in [5.41, 5.74) is 6.53. The Morgan fingerprint density at radius 1 is 1.26 bits per heavy atom. The number of carbonyl (C=O) groups excluding carboxylic acids is 2. The van der Waals surface area contributed by atoms with Gasteiger partial charge in [0.05, 0.1) is 22.9 Å². The van der Waals surface area contributed by atoms with Crippen molar-refractivity contribution in [1.29, 1.82) is 0 Å². The van der Waals surface area contributed by atoms with E-state index in [4.69, 9.17) is 22.1 Å². The summed E-state index contributed by atoms with van der Waals surface area (Å²) in [6, 6.07) is 7.26. The van der Waals surface area contributed by atoms with Gasteiger partial charge in [-0.2, -0.15) is 4.72 Å². The summed E-state index contributed by atoms with van der Waals surface area (Å²) in [5, 5.41) is 0.635. The Bertz CT molecular complexity index is 1330. The van der Waals surface area contributed by atoms with E-state index < -0.39 is 16.1 Å². The molecule has 0 saturated carbocycles. The zero-order valence-electron chi connectivity index (χ0n) is 19.2. The number of nitrogens with zero attached hydrogens (tertiary/aromatic N) is 2. The van der Waals surface area contributed by atoms with E-state index in [-0.39, 0.29) is 34.1 Å². The van der Waals surface area contributed by atoms with Crippen LogP contribution in [0.1, 0.15) is 19.3 Å². The van der Waals surface area contributed by atoms with Crippen LogP contribution < -0.4 is 10.5 Å². The third-order valence-corrected chi connectivity index (χ3v) is 8.18. The number of benzene rings is 1. The highest BCUT2D eigenvalue weighted by Gasteiger charge is 2.34. The summed E-state index contributed by atoms with van der Waals surface area (Å²) in [4.78, 5) is 29.9. The van der Waals surface area contributed by atoms with Gasteiger partial charge >= 0.3 is 5.97 Å². The molecule has 1 aliphatic heterocycles. The molecule has 0 aliphatic carbocycles. The molecule has 2 aromatic heterocycles. The van der Waals surface area contributed by atoms with Crippen LogP contribution in [0.15, 0.2) is 47.6 Å². The number of aryl methyl sites for hydroxylation is 1. The Morgan fingerprint density at radius 3 is 2.66 bits per heavy atom. The van der Waals surface area contributed by atoms with Gasteiger partial charge in [-0.25, -0.2) is 8.42 Å². The summed E-state index contributed by atoms with van der Waals surface area (Å²) in [7, 11) is -2.77. The quantitative estimate of drug-likeness (QED) is 0.389. The van der Waals surface area contributed by atoms with Crippen LogP contribution in [0, 0.1) is 5.92 Å². The maximum absolute atomic E-state index is 13.5. The molecule has 1 amide bonds. The second kappa shape index (κ2) is 10.3. The zero-order chi connectivity index (χ0) is 25.2. The number of rotatable bonds is 8. The molecule has 0 bridgehead atoms. The van der Waals surface area contributed by atoms with Crippen molar-refractivity contribution in [1.82, 2.24) is 19.2 Å². The lowest BCUT2D eigenvalue weighted by Crippen LogP contribution is -2.51. The molecule has 12 heteroatoms. The molecule has 3 aromatic rings. The number of piperidine rings is 1. The smallest absolute Gasteiger partial charge is 0.308 e. The Balaban J connectivity index is 1.58. The number of anilines is 1. The minimum absolute atomic E-state index is 0.0103. The predicted molar refractivity (Wildman–Crippen MR) is 132 cm³/mol. The average Bonchev–Trinajstić information content (AvgIpc) is 3.45. The molecular weight excluding hydrogens is 494 g/mol. The van der Waals surface area contributed by atoms with E-state index in [0.717, 1.165) is 0 Å². The maximum atomic E-state index is 13.5. The number of hydrogen-bond acceptors (Lipinski definition) is 6. The monoisotopic (exact) mass is 521 g/mol.